The smallest absolute Gasteiger partial charge is 0.0685 e. The molecule has 1 saturated carbocycles. The van der Waals surface area contributed by atoms with E-state index in [2.05, 4.69) is 19.3 Å². The van der Waals surface area contributed by atoms with Gasteiger partial charge in [0.25, 0.3) is 0 Å². The van der Waals surface area contributed by atoms with Crippen LogP contribution in [0.1, 0.15) is 26.7 Å². The number of nitrogens with one attached hydrogen (secondary N) is 1. The molecule has 76 valence electrons. The molecule has 0 spiro atoms. The van der Waals surface area contributed by atoms with Crippen LogP contribution in [0.4, 0.5) is 0 Å². The molecule has 3 nitrogen and oxygen atoms in total. The van der Waals surface area contributed by atoms with E-state index in [4.69, 9.17) is 9.57 Å². The third-order valence-corrected chi connectivity index (χ3v) is 3.58. The molecule has 1 aliphatic heterocycles. The molecule has 2 aliphatic rings. The summed E-state index contributed by atoms with van der Waals surface area (Å²) in [7, 11) is 1.69. The highest BCUT2D eigenvalue weighted by Crippen LogP contribution is 2.51. The molecule has 1 N–H and O–H groups in total. The zero-order chi connectivity index (χ0) is 9.47. The van der Waals surface area contributed by atoms with E-state index in [-0.39, 0.29) is 5.41 Å². The maximum absolute atomic E-state index is 5.77. The van der Waals surface area contributed by atoms with Gasteiger partial charge in [-0.05, 0) is 12.8 Å². The number of ether oxygens (including phenoxy) is 1. The van der Waals surface area contributed by atoms with Crippen molar-refractivity contribution < 1.29 is 9.57 Å². The summed E-state index contributed by atoms with van der Waals surface area (Å²) < 4.78 is 5.77. The molecular formula is C10H19NO2. The van der Waals surface area contributed by atoms with Crippen molar-refractivity contribution in [3.8, 4) is 0 Å². The summed E-state index contributed by atoms with van der Waals surface area (Å²) in [6.45, 7) is 5.43. The van der Waals surface area contributed by atoms with E-state index < -0.39 is 0 Å². The van der Waals surface area contributed by atoms with Crippen molar-refractivity contribution in [1.29, 1.82) is 0 Å². The van der Waals surface area contributed by atoms with E-state index >= 15 is 0 Å². The maximum atomic E-state index is 5.77. The lowest BCUT2D eigenvalue weighted by atomic mass is 9.55. The van der Waals surface area contributed by atoms with Crippen molar-refractivity contribution in [2.75, 3.05) is 13.7 Å². The van der Waals surface area contributed by atoms with Gasteiger partial charge in [0.1, 0.15) is 0 Å². The van der Waals surface area contributed by atoms with E-state index in [1.54, 1.807) is 7.11 Å². The summed E-state index contributed by atoms with van der Waals surface area (Å²) in [5, 5.41) is 0. The highest BCUT2D eigenvalue weighted by molar-refractivity contribution is 5.09. The maximum Gasteiger partial charge on any atom is 0.0685 e. The lowest BCUT2D eigenvalue weighted by molar-refractivity contribution is -0.217. The van der Waals surface area contributed by atoms with Crippen molar-refractivity contribution >= 4 is 0 Å². The van der Waals surface area contributed by atoms with Gasteiger partial charge in [0.05, 0.1) is 13.2 Å². The molecule has 0 bridgehead atoms. The Morgan fingerprint density at radius 2 is 2.23 bits per heavy atom. The number of fused-ring (bicyclic) bond motifs is 1. The molecule has 0 aromatic carbocycles. The SMILES string of the molecule is CONC1C2CCCOC2C1(C)C. The second-order valence-corrected chi connectivity index (χ2v) is 4.72. The summed E-state index contributed by atoms with van der Waals surface area (Å²) in [4.78, 5) is 5.02. The first-order valence-corrected chi connectivity index (χ1v) is 5.08. The van der Waals surface area contributed by atoms with Crippen LogP contribution < -0.4 is 5.48 Å². The molecule has 2 rings (SSSR count). The van der Waals surface area contributed by atoms with Crippen LogP contribution >= 0.6 is 0 Å². The summed E-state index contributed by atoms with van der Waals surface area (Å²) in [5.74, 6) is 0.656. The Balaban J connectivity index is 2.03. The predicted molar refractivity (Wildman–Crippen MR) is 50.2 cm³/mol. The molecule has 0 aromatic heterocycles. The summed E-state index contributed by atoms with van der Waals surface area (Å²) >= 11 is 0. The minimum Gasteiger partial charge on any atom is -0.377 e. The molecule has 0 amide bonds. The van der Waals surface area contributed by atoms with Crippen LogP contribution in [-0.4, -0.2) is 25.9 Å². The number of hydrogen-bond acceptors (Lipinski definition) is 3. The second-order valence-electron chi connectivity index (χ2n) is 4.72. The third kappa shape index (κ3) is 1.30. The molecule has 3 unspecified atom stereocenters. The van der Waals surface area contributed by atoms with Gasteiger partial charge in [-0.2, -0.15) is 5.48 Å². The van der Waals surface area contributed by atoms with Gasteiger partial charge in [-0.15, -0.1) is 0 Å². The van der Waals surface area contributed by atoms with Gasteiger partial charge < -0.3 is 9.57 Å². The van der Waals surface area contributed by atoms with E-state index in [1.807, 2.05) is 0 Å². The summed E-state index contributed by atoms with van der Waals surface area (Å²) in [6.07, 6.45) is 2.91. The largest absolute Gasteiger partial charge is 0.377 e. The third-order valence-electron chi connectivity index (χ3n) is 3.58. The van der Waals surface area contributed by atoms with E-state index in [9.17, 15) is 0 Å². The molecule has 1 heterocycles. The lowest BCUT2D eigenvalue weighted by Gasteiger charge is -2.59. The average Bonchev–Trinajstić information content (AvgIpc) is 2.14. The van der Waals surface area contributed by atoms with Crippen molar-refractivity contribution in [3.05, 3.63) is 0 Å². The number of hydroxylamine groups is 1. The van der Waals surface area contributed by atoms with Gasteiger partial charge in [0.15, 0.2) is 0 Å². The predicted octanol–water partition coefficient (Wildman–Crippen LogP) is 1.34. The van der Waals surface area contributed by atoms with Crippen LogP contribution in [-0.2, 0) is 9.57 Å². The Morgan fingerprint density at radius 3 is 2.92 bits per heavy atom. The molecule has 3 heteroatoms. The van der Waals surface area contributed by atoms with Crippen LogP contribution in [0, 0.1) is 11.3 Å². The van der Waals surface area contributed by atoms with E-state index in [1.165, 1.54) is 12.8 Å². The Bertz CT molecular complexity index is 193. The van der Waals surface area contributed by atoms with E-state index in [0.717, 1.165) is 6.61 Å². The minimum atomic E-state index is 0.223. The molecule has 1 aliphatic carbocycles. The first-order chi connectivity index (χ1) is 6.18. The fourth-order valence-electron chi connectivity index (χ4n) is 2.89. The lowest BCUT2D eigenvalue weighted by Crippen LogP contribution is -2.69. The van der Waals surface area contributed by atoms with Crippen LogP contribution in [0.2, 0.25) is 0 Å². The van der Waals surface area contributed by atoms with Crippen LogP contribution in [0.3, 0.4) is 0 Å². The van der Waals surface area contributed by atoms with Crippen LogP contribution in [0.15, 0.2) is 0 Å². The van der Waals surface area contributed by atoms with Crippen molar-refractivity contribution in [1.82, 2.24) is 5.48 Å². The van der Waals surface area contributed by atoms with Gasteiger partial charge in [-0.3, -0.25) is 0 Å². The Labute approximate surface area is 79.7 Å². The quantitative estimate of drug-likeness (QED) is 0.659. The monoisotopic (exact) mass is 185 g/mol. The molecular weight excluding hydrogens is 166 g/mol. The molecule has 0 aromatic rings. The number of rotatable bonds is 2. The Kier molecular flexibility index (Phi) is 2.34. The minimum absolute atomic E-state index is 0.223. The van der Waals surface area contributed by atoms with Gasteiger partial charge in [0, 0.05) is 24.0 Å². The van der Waals surface area contributed by atoms with Gasteiger partial charge in [-0.25, -0.2) is 0 Å². The standard InChI is InChI=1S/C10H19NO2/c1-10(2)8(11-12-3)7-5-4-6-13-9(7)10/h7-9,11H,4-6H2,1-3H3. The molecule has 2 fully saturated rings. The van der Waals surface area contributed by atoms with Gasteiger partial charge in [0.2, 0.25) is 0 Å². The first-order valence-electron chi connectivity index (χ1n) is 5.08. The summed E-state index contributed by atoms with van der Waals surface area (Å²) in [5.41, 5.74) is 3.31. The fourth-order valence-corrected chi connectivity index (χ4v) is 2.89. The van der Waals surface area contributed by atoms with Crippen LogP contribution in [0.25, 0.3) is 0 Å². The summed E-state index contributed by atoms with van der Waals surface area (Å²) in [6, 6.07) is 0.461. The normalized spacial score (nSPS) is 42.2. The highest BCUT2D eigenvalue weighted by atomic mass is 16.6. The van der Waals surface area contributed by atoms with Gasteiger partial charge >= 0.3 is 0 Å². The topological polar surface area (TPSA) is 30.5 Å². The van der Waals surface area contributed by atoms with Crippen molar-refractivity contribution in [3.63, 3.8) is 0 Å². The van der Waals surface area contributed by atoms with Crippen molar-refractivity contribution in [2.24, 2.45) is 11.3 Å². The molecule has 3 atom stereocenters. The zero-order valence-corrected chi connectivity index (χ0v) is 8.67. The molecule has 0 radical (unpaired) electrons. The first kappa shape index (κ1) is 9.44. The Morgan fingerprint density at radius 1 is 1.46 bits per heavy atom. The second kappa shape index (κ2) is 3.23. The average molecular weight is 185 g/mol. The highest BCUT2D eigenvalue weighted by Gasteiger charge is 2.58. The Hall–Kier alpha value is -0.120. The fraction of sp³-hybridized carbons (Fsp3) is 1.00. The van der Waals surface area contributed by atoms with Gasteiger partial charge in [-0.1, -0.05) is 13.8 Å². The zero-order valence-electron chi connectivity index (χ0n) is 8.67. The van der Waals surface area contributed by atoms with E-state index in [0.29, 0.717) is 18.1 Å². The van der Waals surface area contributed by atoms with Crippen molar-refractivity contribution in [2.45, 2.75) is 38.8 Å². The molecule has 13 heavy (non-hydrogen) atoms. The van der Waals surface area contributed by atoms with Crippen LogP contribution in [0.5, 0.6) is 0 Å². The number of hydrogen-bond donors (Lipinski definition) is 1. The molecule has 1 saturated heterocycles.